The van der Waals surface area contributed by atoms with Crippen molar-refractivity contribution < 1.29 is 18.4 Å². The third kappa shape index (κ3) is 5.28. The Morgan fingerprint density at radius 3 is 2.41 bits per heavy atom. The molecule has 2 aromatic carbocycles. The topological polar surface area (TPSA) is 62.6 Å². The number of nitrogens with zero attached hydrogens (tertiary/aromatic N) is 1. The average molecular weight is 366 g/mol. The Hall–Kier alpha value is -3.41. The molecule has 0 saturated carbocycles. The molecule has 3 aromatic rings. The van der Waals surface area contributed by atoms with Crippen molar-refractivity contribution in [3.05, 3.63) is 90.1 Å². The van der Waals surface area contributed by atoms with Crippen molar-refractivity contribution in [1.82, 2.24) is 4.90 Å². The minimum absolute atomic E-state index is 0.119. The van der Waals surface area contributed by atoms with Crippen LogP contribution in [0.2, 0.25) is 0 Å². The summed E-state index contributed by atoms with van der Waals surface area (Å²) >= 11 is 0. The molecule has 0 unspecified atom stereocenters. The second-order valence-corrected chi connectivity index (χ2v) is 6.03. The summed E-state index contributed by atoms with van der Waals surface area (Å²) in [4.78, 5) is 26.5. The molecule has 27 heavy (non-hydrogen) atoms. The van der Waals surface area contributed by atoms with E-state index in [1.165, 1.54) is 36.8 Å². The minimum Gasteiger partial charge on any atom is -0.472 e. The molecule has 1 heterocycles. The van der Waals surface area contributed by atoms with Crippen molar-refractivity contribution in [2.75, 3.05) is 11.9 Å². The average Bonchev–Trinajstić information content (AvgIpc) is 3.22. The van der Waals surface area contributed by atoms with E-state index in [1.54, 1.807) is 11.0 Å². The van der Waals surface area contributed by atoms with Gasteiger partial charge in [-0.3, -0.25) is 9.59 Å². The highest BCUT2D eigenvalue weighted by Crippen LogP contribution is 2.13. The molecule has 0 bridgehead atoms. The van der Waals surface area contributed by atoms with E-state index in [2.05, 4.69) is 5.32 Å². The van der Waals surface area contributed by atoms with Crippen LogP contribution in [0.5, 0.6) is 0 Å². The molecule has 0 spiro atoms. The van der Waals surface area contributed by atoms with Gasteiger partial charge in [-0.25, -0.2) is 4.39 Å². The summed E-state index contributed by atoms with van der Waals surface area (Å²) in [6.07, 6.45) is 2.95. The molecule has 0 aliphatic rings. The lowest BCUT2D eigenvalue weighted by molar-refractivity contribution is -0.116. The predicted molar refractivity (Wildman–Crippen MR) is 99.5 cm³/mol. The second-order valence-electron chi connectivity index (χ2n) is 6.03. The lowest BCUT2D eigenvalue weighted by Gasteiger charge is -2.22. The number of furan rings is 1. The fourth-order valence-electron chi connectivity index (χ4n) is 2.62. The zero-order valence-electron chi connectivity index (χ0n) is 14.6. The number of nitrogens with one attached hydrogen (secondary N) is 1. The molecule has 0 saturated heterocycles. The van der Waals surface area contributed by atoms with E-state index in [0.717, 1.165) is 5.56 Å². The van der Waals surface area contributed by atoms with Gasteiger partial charge < -0.3 is 14.6 Å². The first-order valence-corrected chi connectivity index (χ1v) is 8.52. The van der Waals surface area contributed by atoms with Crippen LogP contribution in [-0.4, -0.2) is 23.3 Å². The van der Waals surface area contributed by atoms with Gasteiger partial charge in [0.15, 0.2) is 0 Å². The first-order valence-electron chi connectivity index (χ1n) is 8.52. The molecule has 1 N–H and O–H groups in total. The van der Waals surface area contributed by atoms with Crippen LogP contribution in [-0.2, 0) is 11.3 Å². The van der Waals surface area contributed by atoms with Gasteiger partial charge in [-0.05, 0) is 35.9 Å². The Balaban J connectivity index is 1.64. The quantitative estimate of drug-likeness (QED) is 0.685. The van der Waals surface area contributed by atoms with Crippen LogP contribution in [0.4, 0.5) is 10.1 Å². The first-order chi connectivity index (χ1) is 13.1. The van der Waals surface area contributed by atoms with Gasteiger partial charge in [-0.15, -0.1) is 0 Å². The molecule has 1 aromatic heterocycles. The van der Waals surface area contributed by atoms with Gasteiger partial charge in [-0.1, -0.05) is 30.3 Å². The van der Waals surface area contributed by atoms with Gasteiger partial charge in [0.25, 0.3) is 5.91 Å². The second kappa shape index (κ2) is 8.80. The normalized spacial score (nSPS) is 10.4. The third-order valence-electron chi connectivity index (χ3n) is 4.01. The third-order valence-corrected chi connectivity index (χ3v) is 4.01. The smallest absolute Gasteiger partial charge is 0.257 e. The van der Waals surface area contributed by atoms with Gasteiger partial charge in [-0.2, -0.15) is 0 Å². The number of benzene rings is 2. The van der Waals surface area contributed by atoms with E-state index in [1.807, 2.05) is 30.3 Å². The summed E-state index contributed by atoms with van der Waals surface area (Å²) in [6, 6.07) is 16.7. The lowest BCUT2D eigenvalue weighted by atomic mass is 10.2. The highest BCUT2D eigenvalue weighted by atomic mass is 19.1. The molecule has 0 fully saturated rings. The maximum Gasteiger partial charge on any atom is 0.257 e. The van der Waals surface area contributed by atoms with Crippen LogP contribution in [0.25, 0.3) is 0 Å². The molecule has 6 heteroatoms. The van der Waals surface area contributed by atoms with Crippen molar-refractivity contribution in [3.63, 3.8) is 0 Å². The number of hydrogen-bond acceptors (Lipinski definition) is 3. The summed E-state index contributed by atoms with van der Waals surface area (Å²) in [7, 11) is 0. The molecule has 0 radical (unpaired) electrons. The lowest BCUT2D eigenvalue weighted by Crippen LogP contribution is -2.33. The Labute approximate surface area is 156 Å². The van der Waals surface area contributed by atoms with Crippen LogP contribution < -0.4 is 5.32 Å². The van der Waals surface area contributed by atoms with E-state index < -0.39 is 0 Å². The molecular weight excluding hydrogens is 347 g/mol. The Kier molecular flexibility index (Phi) is 5.99. The van der Waals surface area contributed by atoms with Crippen LogP contribution in [0, 0.1) is 5.82 Å². The SMILES string of the molecule is O=C(CCN(Cc1ccccc1)C(=O)c1ccoc1)Nc1ccc(F)cc1. The molecule has 2 amide bonds. The van der Waals surface area contributed by atoms with Gasteiger partial charge in [0.2, 0.25) is 5.91 Å². The van der Waals surface area contributed by atoms with Crippen molar-refractivity contribution in [2.24, 2.45) is 0 Å². The molecule has 5 nitrogen and oxygen atoms in total. The van der Waals surface area contributed by atoms with E-state index in [4.69, 9.17) is 4.42 Å². The van der Waals surface area contributed by atoms with Crippen LogP contribution in [0.15, 0.2) is 77.6 Å². The zero-order valence-corrected chi connectivity index (χ0v) is 14.6. The number of anilines is 1. The number of halogens is 1. The summed E-state index contributed by atoms with van der Waals surface area (Å²) in [5.41, 5.74) is 1.91. The highest BCUT2D eigenvalue weighted by molar-refractivity contribution is 5.95. The summed E-state index contributed by atoms with van der Waals surface area (Å²) in [5, 5.41) is 2.70. The molecule has 0 aliphatic heterocycles. The van der Waals surface area contributed by atoms with Crippen LogP contribution >= 0.6 is 0 Å². The van der Waals surface area contributed by atoms with Crippen molar-refractivity contribution in [1.29, 1.82) is 0 Å². The molecule has 138 valence electrons. The number of hydrogen-bond donors (Lipinski definition) is 1. The molecular formula is C21H19FN2O3. The van der Waals surface area contributed by atoms with Crippen molar-refractivity contribution in [2.45, 2.75) is 13.0 Å². The zero-order chi connectivity index (χ0) is 19.1. The Morgan fingerprint density at radius 2 is 1.74 bits per heavy atom. The predicted octanol–water partition coefficient (Wildman–Crippen LogP) is 4.09. The Morgan fingerprint density at radius 1 is 1.00 bits per heavy atom. The number of rotatable bonds is 7. The molecule has 0 aliphatic carbocycles. The first kappa shape index (κ1) is 18.4. The fraction of sp³-hybridized carbons (Fsp3) is 0.143. The Bertz CT molecular complexity index is 878. The van der Waals surface area contributed by atoms with Crippen molar-refractivity contribution >= 4 is 17.5 Å². The maximum absolute atomic E-state index is 12.9. The van der Waals surface area contributed by atoms with E-state index in [9.17, 15) is 14.0 Å². The van der Waals surface area contributed by atoms with E-state index in [-0.39, 0.29) is 30.6 Å². The van der Waals surface area contributed by atoms with E-state index >= 15 is 0 Å². The van der Waals surface area contributed by atoms with Gasteiger partial charge in [0, 0.05) is 25.2 Å². The highest BCUT2D eigenvalue weighted by Gasteiger charge is 2.18. The molecule has 3 rings (SSSR count). The largest absolute Gasteiger partial charge is 0.472 e. The molecule has 0 atom stereocenters. The number of carbonyl (C=O) groups is 2. The van der Waals surface area contributed by atoms with Gasteiger partial charge in [0.1, 0.15) is 12.1 Å². The van der Waals surface area contributed by atoms with Crippen LogP contribution in [0.3, 0.4) is 0 Å². The van der Waals surface area contributed by atoms with Crippen molar-refractivity contribution in [3.8, 4) is 0 Å². The summed E-state index contributed by atoms with van der Waals surface area (Å²) in [5.74, 6) is -0.824. The minimum atomic E-state index is -0.368. The standard InChI is InChI=1S/C21H19FN2O3/c22-18-6-8-19(9-7-18)23-20(25)10-12-24(14-16-4-2-1-3-5-16)21(26)17-11-13-27-15-17/h1-9,11,13,15H,10,12,14H2,(H,23,25). The number of amides is 2. The van der Waals surface area contributed by atoms with Gasteiger partial charge >= 0.3 is 0 Å². The summed E-state index contributed by atoms with van der Waals surface area (Å²) < 4.78 is 17.9. The van der Waals surface area contributed by atoms with Gasteiger partial charge in [0.05, 0.1) is 11.8 Å². The maximum atomic E-state index is 12.9. The van der Waals surface area contributed by atoms with Crippen LogP contribution in [0.1, 0.15) is 22.3 Å². The number of carbonyl (C=O) groups excluding carboxylic acids is 2. The van der Waals surface area contributed by atoms with E-state index in [0.29, 0.717) is 17.8 Å². The fourth-order valence-corrected chi connectivity index (χ4v) is 2.62. The monoisotopic (exact) mass is 366 g/mol. The summed E-state index contributed by atoms with van der Waals surface area (Å²) in [6.45, 7) is 0.626.